The van der Waals surface area contributed by atoms with Crippen LogP contribution in [-0.4, -0.2) is 22.1 Å². The van der Waals surface area contributed by atoms with Gasteiger partial charge in [-0.3, -0.25) is 4.79 Å². The van der Waals surface area contributed by atoms with Crippen molar-refractivity contribution in [3.8, 4) is 23.0 Å². The number of phenols is 1. The number of carbonyl (C=O) groups excluding carboxylic acids is 1. The fourth-order valence-electron chi connectivity index (χ4n) is 2.97. The lowest BCUT2D eigenvalue weighted by molar-refractivity contribution is 0.102. The molecule has 0 saturated heterocycles. The number of oxazole rings is 1. The molecular formula is C24H21BrN2O4. The van der Waals surface area contributed by atoms with Crippen LogP contribution < -0.4 is 10.1 Å². The summed E-state index contributed by atoms with van der Waals surface area (Å²) in [4.78, 5) is 17.1. The summed E-state index contributed by atoms with van der Waals surface area (Å²) in [6, 6.07) is 17.4. The number of aromatic nitrogens is 1. The van der Waals surface area contributed by atoms with E-state index in [2.05, 4.69) is 33.2 Å². The van der Waals surface area contributed by atoms with Crippen molar-refractivity contribution in [2.75, 3.05) is 5.32 Å². The van der Waals surface area contributed by atoms with Gasteiger partial charge in [0.1, 0.15) is 17.0 Å². The standard InChI is InChI=1S/C24H21BrN2O4/c1-3-14(2)30-18-8-4-15(5-9-18)23(29)26-17-7-11-22-20(13-17)27-24(31-22)16-6-10-21(28)19(25)12-16/h4-14,28H,3H2,1-2H3,(H,26,29)/t14-/m1/s1. The molecule has 3 aromatic carbocycles. The second-order valence-electron chi connectivity index (χ2n) is 7.18. The van der Waals surface area contributed by atoms with Crippen LogP contribution in [0.1, 0.15) is 30.6 Å². The van der Waals surface area contributed by atoms with Gasteiger partial charge < -0.3 is 19.6 Å². The van der Waals surface area contributed by atoms with E-state index in [9.17, 15) is 9.90 Å². The zero-order valence-corrected chi connectivity index (χ0v) is 18.6. The highest BCUT2D eigenvalue weighted by molar-refractivity contribution is 9.10. The highest BCUT2D eigenvalue weighted by atomic mass is 79.9. The summed E-state index contributed by atoms with van der Waals surface area (Å²) in [5.41, 5.74) is 3.10. The van der Waals surface area contributed by atoms with Gasteiger partial charge in [-0.15, -0.1) is 0 Å². The maximum Gasteiger partial charge on any atom is 0.255 e. The van der Waals surface area contributed by atoms with Gasteiger partial charge in [-0.25, -0.2) is 4.98 Å². The van der Waals surface area contributed by atoms with E-state index in [1.165, 1.54) is 0 Å². The Kier molecular flexibility index (Phi) is 5.95. The molecule has 7 heteroatoms. The van der Waals surface area contributed by atoms with Crippen LogP contribution in [0.15, 0.2) is 69.6 Å². The normalized spacial score (nSPS) is 12.0. The first-order valence-corrected chi connectivity index (χ1v) is 10.7. The molecule has 1 heterocycles. The van der Waals surface area contributed by atoms with E-state index in [-0.39, 0.29) is 17.8 Å². The number of carbonyl (C=O) groups is 1. The summed E-state index contributed by atoms with van der Waals surface area (Å²) < 4.78 is 12.1. The lowest BCUT2D eigenvalue weighted by atomic mass is 10.2. The van der Waals surface area contributed by atoms with E-state index in [1.807, 2.05) is 6.92 Å². The molecule has 6 nitrogen and oxygen atoms in total. The summed E-state index contributed by atoms with van der Waals surface area (Å²) in [7, 11) is 0. The van der Waals surface area contributed by atoms with Crippen molar-refractivity contribution in [2.24, 2.45) is 0 Å². The molecule has 0 aliphatic heterocycles. The molecule has 158 valence electrons. The Morgan fingerprint density at radius 1 is 1.16 bits per heavy atom. The van der Waals surface area contributed by atoms with Crippen LogP contribution in [0.3, 0.4) is 0 Å². The molecule has 1 amide bonds. The summed E-state index contributed by atoms with van der Waals surface area (Å²) in [6.07, 6.45) is 1.04. The predicted octanol–water partition coefficient (Wildman–Crippen LogP) is 6.39. The van der Waals surface area contributed by atoms with Gasteiger partial charge in [-0.1, -0.05) is 6.92 Å². The number of amides is 1. The molecule has 31 heavy (non-hydrogen) atoms. The van der Waals surface area contributed by atoms with Crippen LogP contribution in [0.2, 0.25) is 0 Å². The first-order valence-electron chi connectivity index (χ1n) is 9.90. The van der Waals surface area contributed by atoms with Crippen LogP contribution in [0.25, 0.3) is 22.6 Å². The summed E-state index contributed by atoms with van der Waals surface area (Å²) in [5, 5.41) is 12.5. The van der Waals surface area contributed by atoms with Gasteiger partial charge in [0.2, 0.25) is 5.89 Å². The largest absolute Gasteiger partial charge is 0.507 e. The van der Waals surface area contributed by atoms with Crippen molar-refractivity contribution < 1.29 is 19.1 Å². The molecule has 0 unspecified atom stereocenters. The lowest BCUT2D eigenvalue weighted by Crippen LogP contribution is -2.12. The third-order valence-electron chi connectivity index (χ3n) is 4.87. The molecule has 0 fully saturated rings. The fourth-order valence-corrected chi connectivity index (χ4v) is 3.35. The average Bonchev–Trinajstić information content (AvgIpc) is 3.19. The maximum atomic E-state index is 12.6. The number of fused-ring (bicyclic) bond motifs is 1. The minimum absolute atomic E-state index is 0.126. The molecule has 0 spiro atoms. The molecule has 1 aromatic heterocycles. The molecule has 4 rings (SSSR count). The Morgan fingerprint density at radius 2 is 1.94 bits per heavy atom. The van der Waals surface area contributed by atoms with E-state index in [0.29, 0.717) is 32.7 Å². The zero-order valence-electron chi connectivity index (χ0n) is 17.1. The molecule has 4 aromatic rings. The zero-order chi connectivity index (χ0) is 22.0. The number of nitrogens with zero attached hydrogens (tertiary/aromatic N) is 1. The van der Waals surface area contributed by atoms with Crippen molar-refractivity contribution in [2.45, 2.75) is 26.4 Å². The number of benzene rings is 3. The van der Waals surface area contributed by atoms with Crippen molar-refractivity contribution in [3.63, 3.8) is 0 Å². The highest BCUT2D eigenvalue weighted by Crippen LogP contribution is 2.31. The minimum Gasteiger partial charge on any atom is -0.507 e. The quantitative estimate of drug-likeness (QED) is 0.333. The molecule has 1 atom stereocenters. The van der Waals surface area contributed by atoms with Crippen molar-refractivity contribution in [1.82, 2.24) is 4.98 Å². The Balaban J connectivity index is 1.50. The first kappa shape index (κ1) is 20.9. The number of hydrogen-bond donors (Lipinski definition) is 2. The maximum absolute atomic E-state index is 12.6. The lowest BCUT2D eigenvalue weighted by Gasteiger charge is -2.12. The first-order chi connectivity index (χ1) is 14.9. The topological polar surface area (TPSA) is 84.6 Å². The number of phenolic OH excluding ortho intramolecular Hbond substituents is 1. The van der Waals surface area contributed by atoms with Crippen LogP contribution in [0.4, 0.5) is 5.69 Å². The Labute approximate surface area is 188 Å². The number of hydrogen-bond acceptors (Lipinski definition) is 5. The molecular weight excluding hydrogens is 460 g/mol. The summed E-state index contributed by atoms with van der Waals surface area (Å²) in [6.45, 7) is 4.07. The van der Waals surface area contributed by atoms with E-state index < -0.39 is 0 Å². The van der Waals surface area contributed by atoms with Gasteiger partial charge in [0, 0.05) is 16.8 Å². The predicted molar refractivity (Wildman–Crippen MR) is 124 cm³/mol. The molecule has 0 aliphatic carbocycles. The molecule has 0 radical (unpaired) electrons. The van der Waals surface area contributed by atoms with Crippen LogP contribution in [0.5, 0.6) is 11.5 Å². The minimum atomic E-state index is -0.222. The second kappa shape index (κ2) is 8.81. The Morgan fingerprint density at radius 3 is 2.65 bits per heavy atom. The van der Waals surface area contributed by atoms with Crippen molar-refractivity contribution in [3.05, 3.63) is 70.7 Å². The van der Waals surface area contributed by atoms with Crippen LogP contribution in [0, 0.1) is 0 Å². The van der Waals surface area contributed by atoms with Gasteiger partial charge in [-0.2, -0.15) is 0 Å². The number of aromatic hydroxyl groups is 1. The highest BCUT2D eigenvalue weighted by Gasteiger charge is 2.12. The van der Waals surface area contributed by atoms with Crippen molar-refractivity contribution in [1.29, 1.82) is 0 Å². The molecule has 2 N–H and O–H groups in total. The monoisotopic (exact) mass is 480 g/mol. The van der Waals surface area contributed by atoms with E-state index >= 15 is 0 Å². The summed E-state index contributed by atoms with van der Waals surface area (Å²) in [5.74, 6) is 1.09. The van der Waals surface area contributed by atoms with Gasteiger partial charge >= 0.3 is 0 Å². The van der Waals surface area contributed by atoms with E-state index in [4.69, 9.17) is 9.15 Å². The molecule has 0 saturated carbocycles. The fraction of sp³-hybridized carbons (Fsp3) is 0.167. The van der Waals surface area contributed by atoms with Crippen LogP contribution >= 0.6 is 15.9 Å². The van der Waals surface area contributed by atoms with Gasteiger partial charge in [0.25, 0.3) is 5.91 Å². The van der Waals surface area contributed by atoms with Gasteiger partial charge in [0.05, 0.1) is 10.6 Å². The smallest absolute Gasteiger partial charge is 0.255 e. The van der Waals surface area contributed by atoms with E-state index in [1.54, 1.807) is 60.7 Å². The number of ether oxygens (including phenoxy) is 1. The molecule has 0 aliphatic rings. The Bertz CT molecular complexity index is 1230. The number of halogens is 1. The number of anilines is 1. The number of nitrogens with one attached hydrogen (secondary N) is 1. The SMILES string of the molecule is CC[C@@H](C)Oc1ccc(C(=O)Nc2ccc3oc(-c4ccc(O)c(Br)c4)nc3c2)cc1. The number of rotatable bonds is 6. The molecule has 0 bridgehead atoms. The van der Waals surface area contributed by atoms with Gasteiger partial charge in [0.15, 0.2) is 5.58 Å². The third-order valence-corrected chi connectivity index (χ3v) is 5.50. The average molecular weight is 481 g/mol. The third kappa shape index (κ3) is 4.72. The Hall–Kier alpha value is -3.32. The van der Waals surface area contributed by atoms with Gasteiger partial charge in [-0.05, 0) is 89.9 Å². The van der Waals surface area contributed by atoms with Crippen LogP contribution in [-0.2, 0) is 0 Å². The second-order valence-corrected chi connectivity index (χ2v) is 8.04. The van der Waals surface area contributed by atoms with E-state index in [0.717, 1.165) is 17.7 Å². The van der Waals surface area contributed by atoms with Crippen molar-refractivity contribution >= 4 is 38.6 Å². The summed E-state index contributed by atoms with van der Waals surface area (Å²) >= 11 is 3.29.